The zero-order chi connectivity index (χ0) is 21.4. The van der Waals surface area contributed by atoms with Crippen molar-refractivity contribution >= 4 is 17.8 Å². The molecule has 0 amide bonds. The summed E-state index contributed by atoms with van der Waals surface area (Å²) in [7, 11) is 0. The van der Waals surface area contributed by atoms with Crippen molar-refractivity contribution in [1.29, 1.82) is 0 Å². The number of aromatic nitrogens is 2. The third kappa shape index (κ3) is 5.22. The van der Waals surface area contributed by atoms with Crippen LogP contribution in [0.2, 0.25) is 0 Å². The summed E-state index contributed by atoms with van der Waals surface area (Å²) in [5.41, 5.74) is -0.200. The Kier molecular flexibility index (Phi) is 7.52. The molecule has 1 atom stereocenters. The Labute approximate surface area is 169 Å². The molecule has 0 saturated carbocycles. The van der Waals surface area contributed by atoms with Gasteiger partial charge in [0.25, 0.3) is 5.56 Å². The molecule has 0 fully saturated rings. The summed E-state index contributed by atoms with van der Waals surface area (Å²) in [5, 5.41) is 2.97. The second-order valence-corrected chi connectivity index (χ2v) is 6.72. The van der Waals surface area contributed by atoms with Crippen LogP contribution in [0.3, 0.4) is 0 Å². The molecule has 0 spiro atoms. The van der Waals surface area contributed by atoms with E-state index < -0.39 is 22.9 Å². The molecule has 0 radical (unpaired) electrons. The number of rotatable bonds is 9. The maximum atomic E-state index is 12.8. The Balaban J connectivity index is 2.31. The molecule has 0 bridgehead atoms. The van der Waals surface area contributed by atoms with E-state index >= 15 is 0 Å². The number of anilines is 1. The monoisotopic (exact) mass is 401 g/mol. The lowest BCUT2D eigenvalue weighted by Crippen LogP contribution is -2.42. The maximum absolute atomic E-state index is 12.8. The predicted octanol–water partition coefficient (Wildman–Crippen LogP) is 2.05. The van der Waals surface area contributed by atoms with Gasteiger partial charge in [0.05, 0.1) is 13.2 Å². The van der Waals surface area contributed by atoms with Crippen molar-refractivity contribution in [2.45, 2.75) is 39.7 Å². The normalized spacial score (nSPS) is 12.7. The van der Waals surface area contributed by atoms with Gasteiger partial charge in [0.1, 0.15) is 12.0 Å². The topological polar surface area (TPSA) is 99.5 Å². The maximum Gasteiger partial charge on any atom is 0.326 e. The number of carbonyl (C=O) groups excluding carboxylic acids is 2. The van der Waals surface area contributed by atoms with Gasteiger partial charge in [-0.3, -0.25) is 19.0 Å². The zero-order valence-electron chi connectivity index (χ0n) is 17.2. The molecule has 0 aliphatic rings. The lowest BCUT2D eigenvalue weighted by atomic mass is 9.82. The van der Waals surface area contributed by atoms with Gasteiger partial charge in [-0.05, 0) is 33.3 Å². The molecule has 8 heteroatoms. The number of carbonyl (C=O) groups is 2. The molecule has 2 aromatic rings. The van der Waals surface area contributed by atoms with Crippen molar-refractivity contribution in [2.75, 3.05) is 25.1 Å². The third-order valence-electron chi connectivity index (χ3n) is 4.59. The van der Waals surface area contributed by atoms with Crippen molar-refractivity contribution in [3.05, 3.63) is 58.1 Å². The number of nitrogens with one attached hydrogen (secondary N) is 1. The number of nitrogens with zero attached hydrogens (tertiary/aromatic N) is 2. The summed E-state index contributed by atoms with van der Waals surface area (Å²) in [6, 6.07) is 9.20. The van der Waals surface area contributed by atoms with Crippen LogP contribution in [-0.2, 0) is 31.0 Å². The zero-order valence-corrected chi connectivity index (χ0v) is 17.2. The fourth-order valence-electron chi connectivity index (χ4n) is 2.87. The summed E-state index contributed by atoms with van der Waals surface area (Å²) in [5.74, 6) is -0.862. The van der Waals surface area contributed by atoms with Crippen molar-refractivity contribution in [3.63, 3.8) is 0 Å². The molecular formula is C21H27N3O5. The average molecular weight is 401 g/mol. The molecule has 8 nitrogen and oxygen atoms in total. The summed E-state index contributed by atoms with van der Waals surface area (Å²) in [6.07, 6.45) is 1.49. The fraction of sp³-hybridized carbons (Fsp3) is 0.429. The van der Waals surface area contributed by atoms with Gasteiger partial charge in [0.15, 0.2) is 5.82 Å². The largest absolute Gasteiger partial charge is 0.465 e. The number of hydrogen-bond donors (Lipinski definition) is 1. The third-order valence-corrected chi connectivity index (χ3v) is 4.59. The number of hydrogen-bond acceptors (Lipinski definition) is 7. The van der Waals surface area contributed by atoms with Crippen molar-refractivity contribution in [2.24, 2.45) is 0 Å². The Bertz CT molecular complexity index is 910. The van der Waals surface area contributed by atoms with E-state index in [0.717, 1.165) is 5.56 Å². The van der Waals surface area contributed by atoms with Gasteiger partial charge in [-0.2, -0.15) is 0 Å². The van der Waals surface area contributed by atoms with Gasteiger partial charge in [0.2, 0.25) is 0 Å². The standard InChI is InChI=1S/C21H27N3O5/c1-5-28-17(25)13-24-15(3)12-22-18(19(24)26)23-14-21(4,20(27)29-6-2)16-10-8-7-9-11-16/h7-12H,5-6,13-14H2,1-4H3,(H,22,23). The first-order chi connectivity index (χ1) is 13.8. The summed E-state index contributed by atoms with van der Waals surface area (Å²) in [4.78, 5) is 41.4. The molecule has 29 heavy (non-hydrogen) atoms. The van der Waals surface area contributed by atoms with Crippen LogP contribution in [0.25, 0.3) is 0 Å². The highest BCUT2D eigenvalue weighted by Gasteiger charge is 2.37. The highest BCUT2D eigenvalue weighted by Crippen LogP contribution is 2.25. The Hall–Kier alpha value is -3.16. The Morgan fingerprint density at radius 1 is 1.14 bits per heavy atom. The second kappa shape index (κ2) is 9.86. The number of ether oxygens (including phenoxy) is 2. The van der Waals surface area contributed by atoms with E-state index in [9.17, 15) is 14.4 Å². The van der Waals surface area contributed by atoms with E-state index in [1.54, 1.807) is 27.7 Å². The molecule has 1 unspecified atom stereocenters. The Morgan fingerprint density at radius 3 is 2.41 bits per heavy atom. The van der Waals surface area contributed by atoms with Crippen molar-refractivity contribution in [1.82, 2.24) is 9.55 Å². The smallest absolute Gasteiger partial charge is 0.326 e. The van der Waals surface area contributed by atoms with E-state index in [4.69, 9.17) is 9.47 Å². The first-order valence-corrected chi connectivity index (χ1v) is 9.52. The molecule has 0 aliphatic heterocycles. The van der Waals surface area contributed by atoms with Crippen LogP contribution in [-0.4, -0.2) is 41.2 Å². The van der Waals surface area contributed by atoms with E-state index in [1.807, 2.05) is 30.3 Å². The molecule has 2 rings (SSSR count). The van der Waals surface area contributed by atoms with Crippen LogP contribution in [0.15, 0.2) is 41.3 Å². The summed E-state index contributed by atoms with van der Waals surface area (Å²) < 4.78 is 11.5. The van der Waals surface area contributed by atoms with Gasteiger partial charge >= 0.3 is 11.9 Å². The molecule has 1 N–H and O–H groups in total. The van der Waals surface area contributed by atoms with Crippen LogP contribution in [0, 0.1) is 6.92 Å². The highest BCUT2D eigenvalue weighted by molar-refractivity contribution is 5.83. The van der Waals surface area contributed by atoms with E-state index in [-0.39, 0.29) is 32.1 Å². The average Bonchev–Trinajstić information content (AvgIpc) is 2.71. The molecule has 156 valence electrons. The van der Waals surface area contributed by atoms with Gasteiger partial charge in [-0.15, -0.1) is 0 Å². The summed E-state index contributed by atoms with van der Waals surface area (Å²) >= 11 is 0. The van der Waals surface area contributed by atoms with Crippen LogP contribution in [0.5, 0.6) is 0 Å². The number of aryl methyl sites for hydroxylation is 1. The van der Waals surface area contributed by atoms with Crippen LogP contribution in [0.1, 0.15) is 32.0 Å². The minimum absolute atomic E-state index is 0.0475. The minimum atomic E-state index is -1.03. The van der Waals surface area contributed by atoms with Gasteiger partial charge in [0, 0.05) is 18.4 Å². The minimum Gasteiger partial charge on any atom is -0.465 e. The number of benzene rings is 1. The number of esters is 2. The quantitative estimate of drug-likeness (QED) is 0.642. The molecule has 1 aromatic carbocycles. The van der Waals surface area contributed by atoms with E-state index in [2.05, 4.69) is 10.3 Å². The summed E-state index contributed by atoms with van der Waals surface area (Å²) in [6.45, 7) is 7.25. The van der Waals surface area contributed by atoms with Crippen molar-refractivity contribution in [3.8, 4) is 0 Å². The van der Waals surface area contributed by atoms with Crippen LogP contribution < -0.4 is 10.9 Å². The lowest BCUT2D eigenvalue weighted by molar-refractivity contribution is -0.149. The second-order valence-electron chi connectivity index (χ2n) is 6.72. The van der Waals surface area contributed by atoms with Gasteiger partial charge in [-0.1, -0.05) is 30.3 Å². The van der Waals surface area contributed by atoms with Gasteiger partial charge in [-0.25, -0.2) is 4.98 Å². The first-order valence-electron chi connectivity index (χ1n) is 9.52. The SMILES string of the molecule is CCOC(=O)Cn1c(C)cnc(NCC(C)(C(=O)OCC)c2ccccc2)c1=O. The van der Waals surface area contributed by atoms with E-state index in [1.165, 1.54) is 10.8 Å². The van der Waals surface area contributed by atoms with E-state index in [0.29, 0.717) is 5.69 Å². The van der Waals surface area contributed by atoms with Crippen molar-refractivity contribution < 1.29 is 19.1 Å². The molecule has 0 saturated heterocycles. The predicted molar refractivity (Wildman–Crippen MR) is 109 cm³/mol. The molecule has 1 aromatic heterocycles. The molecule has 0 aliphatic carbocycles. The molecular weight excluding hydrogens is 374 g/mol. The fourth-order valence-corrected chi connectivity index (χ4v) is 2.87. The Morgan fingerprint density at radius 2 is 1.79 bits per heavy atom. The van der Waals surface area contributed by atoms with Crippen LogP contribution in [0.4, 0.5) is 5.82 Å². The highest BCUT2D eigenvalue weighted by atomic mass is 16.5. The first kappa shape index (κ1) is 22.1. The lowest BCUT2D eigenvalue weighted by Gasteiger charge is -2.28. The van der Waals surface area contributed by atoms with Gasteiger partial charge < -0.3 is 14.8 Å². The van der Waals surface area contributed by atoms with Crippen LogP contribution >= 0.6 is 0 Å². The molecule has 1 heterocycles.